The SMILES string of the molecule is Cc1ccc(-n2cnc3c2CCN(C(=O)NCCC(=O)O)C3)cc1. The molecule has 0 bridgehead atoms. The predicted octanol–water partition coefficient (Wildman–Crippen LogP) is 1.72. The number of amides is 2. The largest absolute Gasteiger partial charge is 0.481 e. The summed E-state index contributed by atoms with van der Waals surface area (Å²) >= 11 is 0. The molecule has 0 atom stereocenters. The van der Waals surface area contributed by atoms with Crippen molar-refractivity contribution >= 4 is 12.0 Å². The molecular weight excluding hydrogens is 308 g/mol. The first-order valence-electron chi connectivity index (χ1n) is 7.91. The quantitative estimate of drug-likeness (QED) is 0.894. The molecule has 0 spiro atoms. The Kier molecular flexibility index (Phi) is 4.50. The molecule has 2 N–H and O–H groups in total. The van der Waals surface area contributed by atoms with Gasteiger partial charge in [0.1, 0.15) is 0 Å². The zero-order valence-corrected chi connectivity index (χ0v) is 13.5. The van der Waals surface area contributed by atoms with Crippen molar-refractivity contribution in [3.05, 3.63) is 47.5 Å². The average Bonchev–Trinajstić information content (AvgIpc) is 2.98. The number of carboxylic acids is 1. The lowest BCUT2D eigenvalue weighted by Gasteiger charge is -2.27. The van der Waals surface area contributed by atoms with Gasteiger partial charge < -0.3 is 19.9 Å². The highest BCUT2D eigenvalue weighted by Gasteiger charge is 2.24. The Bertz CT molecular complexity index is 752. The van der Waals surface area contributed by atoms with E-state index in [-0.39, 0.29) is 19.0 Å². The molecule has 1 aliphatic heterocycles. The second kappa shape index (κ2) is 6.74. The van der Waals surface area contributed by atoms with Crippen LogP contribution < -0.4 is 5.32 Å². The molecule has 24 heavy (non-hydrogen) atoms. The number of nitrogens with one attached hydrogen (secondary N) is 1. The fourth-order valence-corrected chi connectivity index (χ4v) is 2.80. The van der Waals surface area contributed by atoms with Crippen molar-refractivity contribution in [2.24, 2.45) is 0 Å². The number of carboxylic acid groups (broad SMARTS) is 1. The molecule has 2 heterocycles. The summed E-state index contributed by atoms with van der Waals surface area (Å²) in [5, 5.41) is 11.2. The number of carbonyl (C=O) groups is 2. The molecule has 2 aromatic rings. The van der Waals surface area contributed by atoms with Gasteiger partial charge in [0.2, 0.25) is 0 Å². The lowest BCUT2D eigenvalue weighted by Crippen LogP contribution is -2.43. The van der Waals surface area contributed by atoms with Crippen LogP contribution in [0.1, 0.15) is 23.4 Å². The van der Waals surface area contributed by atoms with Gasteiger partial charge in [-0.2, -0.15) is 0 Å². The number of aliphatic carboxylic acids is 1. The smallest absolute Gasteiger partial charge is 0.317 e. The Morgan fingerprint density at radius 2 is 2.04 bits per heavy atom. The van der Waals surface area contributed by atoms with Crippen LogP contribution in [0.2, 0.25) is 0 Å². The summed E-state index contributed by atoms with van der Waals surface area (Å²) in [6.07, 6.45) is 2.43. The zero-order valence-electron chi connectivity index (χ0n) is 13.5. The summed E-state index contributed by atoms with van der Waals surface area (Å²) in [5.74, 6) is -0.923. The number of aromatic nitrogens is 2. The number of benzene rings is 1. The van der Waals surface area contributed by atoms with Gasteiger partial charge in [0.15, 0.2) is 0 Å². The van der Waals surface area contributed by atoms with Crippen LogP contribution in [0.4, 0.5) is 4.79 Å². The number of nitrogens with zero attached hydrogens (tertiary/aromatic N) is 3. The van der Waals surface area contributed by atoms with Crippen LogP contribution in [0.25, 0.3) is 5.69 Å². The van der Waals surface area contributed by atoms with Gasteiger partial charge in [0.25, 0.3) is 0 Å². The summed E-state index contributed by atoms with van der Waals surface area (Å²) in [6.45, 7) is 3.21. The van der Waals surface area contributed by atoms with Crippen LogP contribution in [-0.4, -0.2) is 44.6 Å². The average molecular weight is 328 g/mol. The van der Waals surface area contributed by atoms with Crippen LogP contribution in [0.5, 0.6) is 0 Å². The summed E-state index contributed by atoms with van der Waals surface area (Å²) in [7, 11) is 0. The molecule has 0 fully saturated rings. The highest BCUT2D eigenvalue weighted by Crippen LogP contribution is 2.21. The predicted molar refractivity (Wildman–Crippen MR) is 88.1 cm³/mol. The van der Waals surface area contributed by atoms with Gasteiger partial charge in [-0.15, -0.1) is 0 Å². The highest BCUT2D eigenvalue weighted by atomic mass is 16.4. The van der Waals surface area contributed by atoms with Gasteiger partial charge in [-0.1, -0.05) is 17.7 Å². The first kappa shape index (κ1) is 16.0. The number of imidazole rings is 1. The Balaban J connectivity index is 1.68. The number of urea groups is 1. The molecule has 0 saturated carbocycles. The van der Waals surface area contributed by atoms with E-state index in [1.165, 1.54) is 5.56 Å². The van der Waals surface area contributed by atoms with Crippen molar-refractivity contribution in [3.63, 3.8) is 0 Å². The molecular formula is C17H20N4O3. The third-order valence-corrected chi connectivity index (χ3v) is 4.13. The van der Waals surface area contributed by atoms with Gasteiger partial charge in [-0.05, 0) is 19.1 Å². The van der Waals surface area contributed by atoms with Gasteiger partial charge in [-0.25, -0.2) is 9.78 Å². The van der Waals surface area contributed by atoms with Crippen molar-refractivity contribution in [2.45, 2.75) is 26.3 Å². The fourth-order valence-electron chi connectivity index (χ4n) is 2.80. The fraction of sp³-hybridized carbons (Fsp3) is 0.353. The number of rotatable bonds is 4. The molecule has 7 nitrogen and oxygen atoms in total. The maximum atomic E-state index is 12.1. The summed E-state index contributed by atoms with van der Waals surface area (Å²) < 4.78 is 2.06. The van der Waals surface area contributed by atoms with Crippen LogP contribution >= 0.6 is 0 Å². The minimum absolute atomic E-state index is 0.0765. The molecule has 3 rings (SSSR count). The van der Waals surface area contributed by atoms with Gasteiger partial charge >= 0.3 is 12.0 Å². The zero-order chi connectivity index (χ0) is 17.1. The Labute approximate surface area is 139 Å². The van der Waals surface area contributed by atoms with E-state index in [1.807, 2.05) is 6.92 Å². The maximum Gasteiger partial charge on any atom is 0.317 e. The normalized spacial score (nSPS) is 13.5. The molecule has 1 aromatic carbocycles. The van der Waals surface area contributed by atoms with Gasteiger partial charge in [0.05, 0.1) is 25.0 Å². The monoisotopic (exact) mass is 328 g/mol. The summed E-state index contributed by atoms with van der Waals surface area (Å²) in [4.78, 5) is 28.7. The van der Waals surface area contributed by atoms with E-state index in [4.69, 9.17) is 5.11 Å². The van der Waals surface area contributed by atoms with Crippen molar-refractivity contribution in [1.82, 2.24) is 19.8 Å². The number of fused-ring (bicyclic) bond motifs is 1. The van der Waals surface area contributed by atoms with Crippen molar-refractivity contribution in [1.29, 1.82) is 0 Å². The van der Waals surface area contributed by atoms with Crippen molar-refractivity contribution in [2.75, 3.05) is 13.1 Å². The molecule has 126 valence electrons. The molecule has 7 heteroatoms. The molecule has 0 aliphatic carbocycles. The number of hydrogen-bond donors (Lipinski definition) is 2. The van der Waals surface area contributed by atoms with Gasteiger partial charge in [-0.3, -0.25) is 4.79 Å². The molecule has 2 amide bonds. The third kappa shape index (κ3) is 3.40. The van der Waals surface area contributed by atoms with Crippen molar-refractivity contribution < 1.29 is 14.7 Å². The maximum absolute atomic E-state index is 12.1. The number of carbonyl (C=O) groups excluding carboxylic acids is 1. The van der Waals surface area contributed by atoms with E-state index in [0.29, 0.717) is 13.1 Å². The number of aryl methyl sites for hydroxylation is 1. The van der Waals surface area contributed by atoms with E-state index in [9.17, 15) is 9.59 Å². The van der Waals surface area contributed by atoms with Gasteiger partial charge in [0, 0.05) is 30.9 Å². The second-order valence-electron chi connectivity index (χ2n) is 5.89. The molecule has 1 aromatic heterocycles. The topological polar surface area (TPSA) is 87.5 Å². The summed E-state index contributed by atoms with van der Waals surface area (Å²) in [6, 6.07) is 8.00. The van der Waals surface area contributed by atoms with Crippen LogP contribution in [0.15, 0.2) is 30.6 Å². The first-order chi connectivity index (χ1) is 11.5. The highest BCUT2D eigenvalue weighted by molar-refractivity contribution is 5.75. The van der Waals surface area contributed by atoms with E-state index < -0.39 is 5.97 Å². The van der Waals surface area contributed by atoms with Crippen LogP contribution in [-0.2, 0) is 17.8 Å². The lowest BCUT2D eigenvalue weighted by atomic mass is 10.1. The molecule has 0 unspecified atom stereocenters. The summed E-state index contributed by atoms with van der Waals surface area (Å²) in [5.41, 5.74) is 4.27. The van der Waals surface area contributed by atoms with E-state index >= 15 is 0 Å². The van der Waals surface area contributed by atoms with E-state index in [1.54, 1.807) is 11.2 Å². The Morgan fingerprint density at radius 3 is 2.75 bits per heavy atom. The van der Waals surface area contributed by atoms with E-state index in [2.05, 4.69) is 39.1 Å². The molecule has 1 aliphatic rings. The standard InChI is InChI=1S/C17H20N4O3/c1-12-2-4-13(5-3-12)21-11-19-14-10-20(9-7-15(14)21)17(24)18-8-6-16(22)23/h2-5,11H,6-10H2,1H3,(H,18,24)(H,22,23). The minimum Gasteiger partial charge on any atom is -0.481 e. The third-order valence-electron chi connectivity index (χ3n) is 4.13. The minimum atomic E-state index is -0.923. The lowest BCUT2D eigenvalue weighted by molar-refractivity contribution is -0.136. The van der Waals surface area contributed by atoms with Crippen LogP contribution in [0.3, 0.4) is 0 Å². The van der Waals surface area contributed by atoms with Crippen molar-refractivity contribution in [3.8, 4) is 5.69 Å². The molecule has 0 radical (unpaired) electrons. The molecule has 0 saturated heterocycles. The Morgan fingerprint density at radius 1 is 1.29 bits per heavy atom. The van der Waals surface area contributed by atoms with Crippen LogP contribution in [0, 0.1) is 6.92 Å². The second-order valence-corrected chi connectivity index (χ2v) is 5.89. The first-order valence-corrected chi connectivity index (χ1v) is 7.91. The van der Waals surface area contributed by atoms with E-state index in [0.717, 1.165) is 23.5 Å². The number of hydrogen-bond acceptors (Lipinski definition) is 3. The Hall–Kier alpha value is -2.83.